The zero-order valence-electron chi connectivity index (χ0n) is 9.79. The molecule has 1 aromatic carbocycles. The van der Waals surface area contributed by atoms with Gasteiger partial charge in [0.25, 0.3) is 0 Å². The van der Waals surface area contributed by atoms with Crippen molar-refractivity contribution in [2.75, 3.05) is 12.9 Å². The third-order valence-corrected chi connectivity index (χ3v) is 3.70. The largest absolute Gasteiger partial charge is 0.497 e. The van der Waals surface area contributed by atoms with Crippen LogP contribution in [0.2, 0.25) is 0 Å². The highest BCUT2D eigenvalue weighted by Gasteiger charge is 2.14. The van der Waals surface area contributed by atoms with Crippen LogP contribution in [-0.2, 0) is 10.8 Å². The second kappa shape index (κ2) is 5.64. The van der Waals surface area contributed by atoms with Gasteiger partial charge in [-0.1, -0.05) is 0 Å². The molecule has 1 unspecified atom stereocenters. The fourth-order valence-electron chi connectivity index (χ4n) is 1.44. The number of benzene rings is 1. The van der Waals surface area contributed by atoms with Crippen molar-refractivity contribution in [1.82, 2.24) is 0 Å². The van der Waals surface area contributed by atoms with E-state index in [9.17, 15) is 9.00 Å². The monoisotopic (exact) mass is 264 g/mol. The Hall–Kier alpha value is -1.88. The first-order valence-corrected chi connectivity index (χ1v) is 6.61. The minimum absolute atomic E-state index is 0.0835. The van der Waals surface area contributed by atoms with E-state index in [0.717, 1.165) is 0 Å². The van der Waals surface area contributed by atoms with Crippen LogP contribution in [-0.4, -0.2) is 22.9 Å². The maximum absolute atomic E-state index is 12.0. The number of hydrogen-bond donors (Lipinski definition) is 0. The third-order valence-electron chi connectivity index (χ3n) is 2.38. The molecule has 0 amide bonds. The normalized spacial score (nSPS) is 12.1. The lowest BCUT2D eigenvalue weighted by atomic mass is 10.3. The van der Waals surface area contributed by atoms with Crippen molar-refractivity contribution in [2.24, 2.45) is 0 Å². The van der Waals surface area contributed by atoms with Crippen LogP contribution in [0.4, 0.5) is 0 Å². The van der Waals surface area contributed by atoms with Gasteiger partial charge in [0, 0.05) is 4.90 Å². The van der Waals surface area contributed by atoms with Crippen molar-refractivity contribution in [3.8, 4) is 5.75 Å². The summed E-state index contributed by atoms with van der Waals surface area (Å²) in [5.41, 5.74) is 0. The highest BCUT2D eigenvalue weighted by Crippen LogP contribution is 2.15. The van der Waals surface area contributed by atoms with Crippen molar-refractivity contribution >= 4 is 16.6 Å². The Labute approximate surface area is 107 Å². The molecule has 0 radical (unpaired) electrons. The second-order valence-electron chi connectivity index (χ2n) is 3.57. The first-order valence-electron chi connectivity index (χ1n) is 5.30. The zero-order valence-corrected chi connectivity index (χ0v) is 10.6. The molecule has 18 heavy (non-hydrogen) atoms. The van der Waals surface area contributed by atoms with Gasteiger partial charge >= 0.3 is 0 Å². The predicted molar refractivity (Wildman–Crippen MR) is 67.3 cm³/mol. The lowest BCUT2D eigenvalue weighted by Crippen LogP contribution is -2.10. The van der Waals surface area contributed by atoms with E-state index in [-0.39, 0.29) is 17.3 Å². The molecule has 4 nitrogen and oxygen atoms in total. The SMILES string of the molecule is COc1ccc(S(=O)CC(=O)c2ccco2)cc1. The second-order valence-corrected chi connectivity index (χ2v) is 5.02. The number of rotatable bonds is 5. The van der Waals surface area contributed by atoms with E-state index in [1.807, 2.05) is 0 Å². The molecule has 0 bridgehead atoms. The highest BCUT2D eigenvalue weighted by atomic mass is 32.2. The minimum Gasteiger partial charge on any atom is -0.497 e. The number of ether oxygens (including phenoxy) is 1. The average Bonchev–Trinajstić information content (AvgIpc) is 2.92. The zero-order chi connectivity index (χ0) is 13.0. The molecule has 0 saturated carbocycles. The molecule has 0 aliphatic rings. The number of Topliss-reactive ketones (excluding diaryl/α,β-unsaturated/α-hetero) is 1. The lowest BCUT2D eigenvalue weighted by molar-refractivity contribution is 0.0991. The number of carbonyl (C=O) groups is 1. The van der Waals surface area contributed by atoms with E-state index in [1.54, 1.807) is 43.5 Å². The number of carbonyl (C=O) groups excluding carboxylic acids is 1. The summed E-state index contributed by atoms with van der Waals surface area (Å²) >= 11 is 0. The van der Waals surface area contributed by atoms with E-state index >= 15 is 0 Å². The average molecular weight is 264 g/mol. The van der Waals surface area contributed by atoms with Crippen molar-refractivity contribution < 1.29 is 18.2 Å². The Morgan fingerprint density at radius 3 is 2.56 bits per heavy atom. The van der Waals surface area contributed by atoms with E-state index in [1.165, 1.54) is 6.26 Å². The lowest BCUT2D eigenvalue weighted by Gasteiger charge is -2.02. The van der Waals surface area contributed by atoms with Crippen LogP contribution in [0.25, 0.3) is 0 Å². The molecular weight excluding hydrogens is 252 g/mol. The van der Waals surface area contributed by atoms with Crippen LogP contribution in [0.5, 0.6) is 5.75 Å². The van der Waals surface area contributed by atoms with Crippen molar-refractivity contribution in [3.63, 3.8) is 0 Å². The van der Waals surface area contributed by atoms with Gasteiger partial charge in [-0.2, -0.15) is 0 Å². The number of ketones is 1. The topological polar surface area (TPSA) is 56.5 Å². The molecule has 1 atom stereocenters. The summed E-state index contributed by atoms with van der Waals surface area (Å²) in [6, 6.07) is 9.99. The molecule has 0 fully saturated rings. The standard InChI is InChI=1S/C13H12O4S/c1-16-10-4-6-11(7-5-10)18(15)9-12(14)13-3-2-8-17-13/h2-8H,9H2,1H3. The number of methoxy groups -OCH3 is 1. The molecule has 0 saturated heterocycles. The molecule has 0 spiro atoms. The quantitative estimate of drug-likeness (QED) is 0.777. The molecule has 0 N–H and O–H groups in total. The van der Waals surface area contributed by atoms with Gasteiger partial charge < -0.3 is 9.15 Å². The predicted octanol–water partition coefficient (Wildman–Crippen LogP) is 2.28. The van der Waals surface area contributed by atoms with E-state index in [2.05, 4.69) is 0 Å². The Morgan fingerprint density at radius 1 is 1.28 bits per heavy atom. The summed E-state index contributed by atoms with van der Waals surface area (Å²) in [5.74, 6) is 0.568. The van der Waals surface area contributed by atoms with Gasteiger partial charge in [0.05, 0.1) is 29.9 Å². The summed E-state index contributed by atoms with van der Waals surface area (Å²) in [7, 11) is 0.188. The highest BCUT2D eigenvalue weighted by molar-refractivity contribution is 7.85. The smallest absolute Gasteiger partial charge is 0.210 e. The summed E-state index contributed by atoms with van der Waals surface area (Å²) in [6.07, 6.45) is 1.42. The fourth-order valence-corrected chi connectivity index (χ4v) is 2.42. The van der Waals surface area contributed by atoms with Crippen LogP contribution in [0.1, 0.15) is 10.6 Å². The van der Waals surface area contributed by atoms with E-state index < -0.39 is 10.8 Å². The van der Waals surface area contributed by atoms with E-state index in [0.29, 0.717) is 10.6 Å². The summed E-state index contributed by atoms with van der Waals surface area (Å²) in [5, 5.41) is 0. The molecule has 2 aromatic rings. The van der Waals surface area contributed by atoms with Gasteiger partial charge in [-0.3, -0.25) is 9.00 Å². The first-order chi connectivity index (χ1) is 8.70. The van der Waals surface area contributed by atoms with Crippen LogP contribution in [0.3, 0.4) is 0 Å². The number of hydrogen-bond acceptors (Lipinski definition) is 4. The van der Waals surface area contributed by atoms with Gasteiger partial charge in [-0.15, -0.1) is 0 Å². The summed E-state index contributed by atoms with van der Waals surface area (Å²) < 4.78 is 21.9. The minimum atomic E-state index is -1.37. The molecule has 5 heteroatoms. The van der Waals surface area contributed by atoms with Crippen LogP contribution in [0.15, 0.2) is 52.0 Å². The summed E-state index contributed by atoms with van der Waals surface area (Å²) in [6.45, 7) is 0. The van der Waals surface area contributed by atoms with Crippen LogP contribution in [0, 0.1) is 0 Å². The van der Waals surface area contributed by atoms with Gasteiger partial charge in [-0.25, -0.2) is 0 Å². The maximum Gasteiger partial charge on any atom is 0.210 e. The number of furan rings is 1. The van der Waals surface area contributed by atoms with Crippen molar-refractivity contribution in [2.45, 2.75) is 4.90 Å². The third kappa shape index (κ3) is 2.87. The van der Waals surface area contributed by atoms with Gasteiger partial charge in [-0.05, 0) is 36.4 Å². The molecule has 2 rings (SSSR count). The molecular formula is C13H12O4S. The molecule has 94 valence electrons. The molecule has 1 heterocycles. The van der Waals surface area contributed by atoms with Crippen LogP contribution < -0.4 is 4.74 Å². The van der Waals surface area contributed by atoms with Crippen molar-refractivity contribution in [3.05, 3.63) is 48.4 Å². The van der Waals surface area contributed by atoms with Crippen molar-refractivity contribution in [1.29, 1.82) is 0 Å². The first kappa shape index (κ1) is 12.6. The van der Waals surface area contributed by atoms with Crippen LogP contribution >= 0.6 is 0 Å². The molecule has 0 aliphatic carbocycles. The fraction of sp³-hybridized carbons (Fsp3) is 0.154. The van der Waals surface area contributed by atoms with Gasteiger partial charge in [0.1, 0.15) is 5.75 Å². The molecule has 1 aromatic heterocycles. The Morgan fingerprint density at radius 2 is 2.00 bits per heavy atom. The Kier molecular flexibility index (Phi) is 3.94. The van der Waals surface area contributed by atoms with Gasteiger partial charge in [0.15, 0.2) is 5.76 Å². The Balaban J connectivity index is 2.05. The summed E-state index contributed by atoms with van der Waals surface area (Å²) in [4.78, 5) is 12.3. The molecule has 0 aliphatic heterocycles. The van der Waals surface area contributed by atoms with E-state index in [4.69, 9.17) is 9.15 Å². The van der Waals surface area contributed by atoms with Gasteiger partial charge in [0.2, 0.25) is 5.78 Å². The Bertz CT molecular complexity index is 543. The maximum atomic E-state index is 12.0.